The third-order valence-corrected chi connectivity index (χ3v) is 5.05. The van der Waals surface area contributed by atoms with Crippen molar-refractivity contribution in [2.24, 2.45) is 5.92 Å². The van der Waals surface area contributed by atoms with Gasteiger partial charge in [0.1, 0.15) is 12.4 Å². The highest BCUT2D eigenvalue weighted by Gasteiger charge is 2.53. The van der Waals surface area contributed by atoms with E-state index in [1.54, 1.807) is 14.1 Å². The van der Waals surface area contributed by atoms with Gasteiger partial charge in [-0.2, -0.15) is 0 Å². The van der Waals surface area contributed by atoms with E-state index >= 15 is 0 Å². The summed E-state index contributed by atoms with van der Waals surface area (Å²) in [5, 5.41) is 10.7. The lowest BCUT2D eigenvalue weighted by Gasteiger charge is -2.33. The Kier molecular flexibility index (Phi) is 6.09. The predicted molar refractivity (Wildman–Crippen MR) is 99.2 cm³/mol. The molecule has 9 nitrogen and oxygen atoms in total. The number of thiol groups is 1. The van der Waals surface area contributed by atoms with E-state index in [1.807, 2.05) is 0 Å². The molecule has 1 heterocycles. The number of hydrogen-bond acceptors (Lipinski definition) is 7. The van der Waals surface area contributed by atoms with Crippen LogP contribution in [-0.4, -0.2) is 58.0 Å². The van der Waals surface area contributed by atoms with Crippen molar-refractivity contribution in [2.75, 3.05) is 20.6 Å². The van der Waals surface area contributed by atoms with Crippen molar-refractivity contribution >= 4 is 36.1 Å². The van der Waals surface area contributed by atoms with Gasteiger partial charge in [-0.3, -0.25) is 24.6 Å². The van der Waals surface area contributed by atoms with Crippen molar-refractivity contribution < 1.29 is 24.0 Å². The third kappa shape index (κ3) is 4.38. The van der Waals surface area contributed by atoms with Crippen LogP contribution in [0.15, 0.2) is 24.3 Å². The van der Waals surface area contributed by atoms with Crippen molar-refractivity contribution in [2.45, 2.75) is 24.8 Å². The van der Waals surface area contributed by atoms with E-state index in [0.29, 0.717) is 5.56 Å². The zero-order valence-corrected chi connectivity index (χ0v) is 16.1. The number of rotatable bonds is 5. The van der Waals surface area contributed by atoms with Crippen molar-refractivity contribution in [3.05, 3.63) is 39.9 Å². The highest BCUT2D eigenvalue weighted by molar-refractivity contribution is 7.82. The predicted octanol–water partition coefficient (Wildman–Crippen LogP) is 1.86. The smallest absolute Gasteiger partial charge is 0.411 e. The van der Waals surface area contributed by atoms with Crippen molar-refractivity contribution in [3.63, 3.8) is 0 Å². The molecule has 2 rings (SSSR count). The molecule has 2 amide bonds. The topological polar surface area (TPSA) is 110 Å². The molecule has 27 heavy (non-hydrogen) atoms. The molecule has 1 aromatic rings. The number of carbonyl (C=O) groups is 3. The maximum Gasteiger partial charge on any atom is 0.411 e. The fourth-order valence-corrected chi connectivity index (χ4v) is 3.47. The van der Waals surface area contributed by atoms with E-state index < -0.39 is 27.7 Å². The first-order chi connectivity index (χ1) is 12.6. The van der Waals surface area contributed by atoms with Gasteiger partial charge in [0.2, 0.25) is 0 Å². The number of carbonyl (C=O) groups excluding carboxylic acids is 3. The average Bonchev–Trinajstić information content (AvgIpc) is 2.98. The Morgan fingerprint density at radius 2 is 1.93 bits per heavy atom. The lowest BCUT2D eigenvalue weighted by atomic mass is 10.0. The first-order valence-corrected chi connectivity index (χ1v) is 8.63. The van der Waals surface area contributed by atoms with Crippen LogP contribution in [0.25, 0.3) is 0 Å². The van der Waals surface area contributed by atoms with E-state index in [-0.39, 0.29) is 31.0 Å². The zero-order valence-electron chi connectivity index (χ0n) is 15.2. The van der Waals surface area contributed by atoms with Crippen molar-refractivity contribution in [1.29, 1.82) is 0 Å². The van der Waals surface area contributed by atoms with Gasteiger partial charge in [0.25, 0.3) is 11.6 Å². The van der Waals surface area contributed by atoms with E-state index in [1.165, 1.54) is 36.1 Å². The fraction of sp³-hybridized carbons (Fsp3) is 0.471. The quantitative estimate of drug-likeness (QED) is 0.463. The molecule has 0 radical (unpaired) electrons. The number of ether oxygens (including phenoxy) is 1. The number of likely N-dealkylation sites (tertiary alicyclic amines) is 1. The lowest BCUT2D eigenvalue weighted by molar-refractivity contribution is -0.384. The van der Waals surface area contributed by atoms with Crippen LogP contribution in [0, 0.1) is 16.0 Å². The molecular formula is C17H21N3O6S. The van der Waals surface area contributed by atoms with E-state index in [2.05, 4.69) is 12.6 Å². The summed E-state index contributed by atoms with van der Waals surface area (Å²) in [6, 6.07) is 5.58. The zero-order chi connectivity index (χ0) is 20.4. The molecule has 2 atom stereocenters. The Bertz CT molecular complexity index is 766. The average molecular weight is 395 g/mol. The van der Waals surface area contributed by atoms with Gasteiger partial charge < -0.3 is 9.64 Å². The van der Waals surface area contributed by atoms with Crippen LogP contribution >= 0.6 is 12.6 Å². The van der Waals surface area contributed by atoms with Crippen LogP contribution in [0.4, 0.5) is 10.5 Å². The van der Waals surface area contributed by atoms with Gasteiger partial charge in [0, 0.05) is 45.1 Å². The van der Waals surface area contributed by atoms with E-state index in [9.17, 15) is 24.5 Å². The number of nitrogens with zero attached hydrogens (tertiary/aromatic N) is 3. The van der Waals surface area contributed by atoms with Crippen LogP contribution in [-0.2, 0) is 20.9 Å². The van der Waals surface area contributed by atoms with Gasteiger partial charge in [-0.15, -0.1) is 12.6 Å². The Morgan fingerprint density at radius 1 is 1.33 bits per heavy atom. The Balaban J connectivity index is 2.13. The van der Waals surface area contributed by atoms with Crippen molar-refractivity contribution in [1.82, 2.24) is 9.80 Å². The van der Waals surface area contributed by atoms with Gasteiger partial charge >= 0.3 is 6.09 Å². The third-order valence-electron chi connectivity index (χ3n) is 4.43. The van der Waals surface area contributed by atoms with Gasteiger partial charge in [-0.1, -0.05) is 0 Å². The minimum atomic E-state index is -1.47. The van der Waals surface area contributed by atoms with Gasteiger partial charge in [0.05, 0.1) is 4.92 Å². The van der Waals surface area contributed by atoms with Crippen LogP contribution in [0.2, 0.25) is 0 Å². The maximum atomic E-state index is 12.6. The Hall–Kier alpha value is -2.62. The van der Waals surface area contributed by atoms with Gasteiger partial charge in [0.15, 0.2) is 4.87 Å². The first-order valence-electron chi connectivity index (χ1n) is 8.18. The summed E-state index contributed by atoms with van der Waals surface area (Å²) in [4.78, 5) is 48.0. The minimum absolute atomic E-state index is 0.0392. The molecule has 1 fully saturated rings. The number of nitro benzene ring substituents is 1. The van der Waals surface area contributed by atoms with E-state index in [4.69, 9.17) is 4.74 Å². The Labute approximate surface area is 161 Å². The molecule has 0 aromatic heterocycles. The molecule has 146 valence electrons. The molecular weight excluding hydrogens is 374 g/mol. The molecule has 10 heteroatoms. The highest BCUT2D eigenvalue weighted by Crippen LogP contribution is 2.38. The van der Waals surface area contributed by atoms with E-state index in [0.717, 1.165) is 4.90 Å². The van der Waals surface area contributed by atoms with Crippen molar-refractivity contribution in [3.8, 4) is 0 Å². The Morgan fingerprint density at radius 3 is 2.41 bits per heavy atom. The van der Waals surface area contributed by atoms with Crippen LogP contribution < -0.4 is 0 Å². The molecule has 0 aliphatic carbocycles. The number of likely N-dealkylation sites (N-methyl/N-ethyl adjacent to an activating group) is 1. The number of hydrogen-bond donors (Lipinski definition) is 1. The molecule has 1 saturated heterocycles. The highest BCUT2D eigenvalue weighted by atomic mass is 32.1. The second-order valence-corrected chi connectivity index (χ2v) is 7.36. The number of ketones is 1. The number of nitro groups is 1. The lowest BCUT2D eigenvalue weighted by Crippen LogP contribution is -2.53. The van der Waals surface area contributed by atoms with Crippen LogP contribution in [0.3, 0.4) is 0 Å². The standard InChI is InChI=1S/C17H21N3O6S/c1-11(21)13-8-17(27,15(22)18(2)3)19(9-13)16(23)26-10-12-4-6-14(7-5-12)20(24)25/h4-7,13,27H,8-10H2,1-3H3/t13-,17-/m1/s1. The van der Waals surface area contributed by atoms with Gasteiger partial charge in [-0.05, 0) is 24.6 Å². The number of Topliss-reactive ketones (excluding diaryl/α,β-unsaturated/α-hetero) is 1. The molecule has 0 unspecified atom stereocenters. The second-order valence-electron chi connectivity index (χ2n) is 6.62. The largest absolute Gasteiger partial charge is 0.445 e. The van der Waals surface area contributed by atoms with Crippen LogP contribution in [0.1, 0.15) is 18.9 Å². The number of non-ortho nitro benzene ring substituents is 1. The minimum Gasteiger partial charge on any atom is -0.445 e. The molecule has 1 aliphatic rings. The summed E-state index contributed by atoms with van der Waals surface area (Å²) in [6.07, 6.45) is -0.669. The molecule has 0 N–H and O–H groups in total. The number of amides is 2. The monoisotopic (exact) mass is 395 g/mol. The number of benzene rings is 1. The van der Waals surface area contributed by atoms with Gasteiger partial charge in [-0.25, -0.2) is 4.79 Å². The summed E-state index contributed by atoms with van der Waals surface area (Å²) in [5.74, 6) is -1.05. The summed E-state index contributed by atoms with van der Waals surface area (Å²) in [6.45, 7) is 1.32. The SMILES string of the molecule is CC(=O)[C@H]1CN(C(=O)OCc2ccc([N+](=O)[O-])cc2)[C@](S)(C(=O)N(C)C)C1. The molecule has 0 saturated carbocycles. The summed E-state index contributed by atoms with van der Waals surface area (Å²) >= 11 is 4.43. The fourth-order valence-electron chi connectivity index (χ4n) is 2.89. The first kappa shape index (κ1) is 20.7. The van der Waals surface area contributed by atoms with Crippen LogP contribution in [0.5, 0.6) is 0 Å². The maximum absolute atomic E-state index is 12.6. The molecule has 1 aliphatic heterocycles. The summed E-state index contributed by atoms with van der Waals surface area (Å²) in [7, 11) is 3.09. The molecule has 1 aromatic carbocycles. The molecule has 0 spiro atoms. The summed E-state index contributed by atoms with van der Waals surface area (Å²) in [5.41, 5.74) is 0.486. The molecule has 0 bridgehead atoms. The second kappa shape index (κ2) is 7.95. The normalized spacial score (nSPS) is 21.6. The summed E-state index contributed by atoms with van der Waals surface area (Å²) < 4.78 is 5.25.